The van der Waals surface area contributed by atoms with Gasteiger partial charge in [-0.2, -0.15) is 11.8 Å². The van der Waals surface area contributed by atoms with Crippen LogP contribution in [0.3, 0.4) is 0 Å². The number of unbranched alkanes of at least 4 members (excludes halogenated alkanes) is 1. The summed E-state index contributed by atoms with van der Waals surface area (Å²) in [7, 11) is 0. The lowest BCUT2D eigenvalue weighted by Crippen LogP contribution is -2.60. The SMILES string of the molecule is O=C(O)CN1CCN(CC(=O)O)CCN(CCNC(=O)OCc2ccc(OC3OC(CO)C(O)C(O)C3O)c([N+](=O)[O-])c2)C(CNC(=O)CCCCC2SCC3NC(=O)NC32)CN(CC(=O)O)CC1. The number of thioether (sulfide) groups is 1. The summed E-state index contributed by atoms with van der Waals surface area (Å²) in [6.45, 7) is -1.23. The van der Waals surface area contributed by atoms with E-state index in [1.807, 2.05) is 4.90 Å². The highest BCUT2D eigenvalue weighted by Crippen LogP contribution is 2.34. The Bertz CT molecular complexity index is 1940. The van der Waals surface area contributed by atoms with Gasteiger partial charge in [0, 0.05) is 95.0 Å². The van der Waals surface area contributed by atoms with Gasteiger partial charge in [0.1, 0.15) is 31.0 Å². The molecule has 1 aromatic rings. The fourth-order valence-electron chi connectivity index (χ4n) is 8.55. The lowest BCUT2D eigenvalue weighted by atomic mass is 9.99. The normalized spacial score (nSPS) is 27.4. The highest BCUT2D eigenvalue weighted by Gasteiger charge is 2.45. The van der Waals surface area contributed by atoms with E-state index in [0.29, 0.717) is 6.42 Å². The molecule has 11 N–H and O–H groups in total. The van der Waals surface area contributed by atoms with Crippen molar-refractivity contribution in [2.75, 3.05) is 97.4 Å². The fourth-order valence-corrected chi connectivity index (χ4v) is 10.1. The van der Waals surface area contributed by atoms with Crippen molar-refractivity contribution in [2.45, 2.75) is 86.4 Å². The number of aliphatic hydroxyl groups is 4. The van der Waals surface area contributed by atoms with Gasteiger partial charge in [0.15, 0.2) is 5.75 Å². The summed E-state index contributed by atoms with van der Waals surface area (Å²) in [5.74, 6) is -3.20. The molecule has 4 aliphatic rings. The molecular weight excluding hydrogens is 939 g/mol. The summed E-state index contributed by atoms with van der Waals surface area (Å²) >= 11 is 1.78. The van der Waals surface area contributed by atoms with Crippen molar-refractivity contribution < 1.29 is 83.6 Å². The number of nitrogens with one attached hydrogen (secondary N) is 4. The number of aliphatic hydroxyl groups excluding tert-OH is 4. The van der Waals surface area contributed by atoms with Crippen LogP contribution in [0.5, 0.6) is 5.75 Å². The average Bonchev–Trinajstić information content (AvgIpc) is 3.85. The Labute approximate surface area is 400 Å². The molecule has 5 rings (SSSR count). The Kier molecular flexibility index (Phi) is 21.2. The maximum absolute atomic E-state index is 13.3. The highest BCUT2D eigenvalue weighted by molar-refractivity contribution is 8.00. The zero-order valence-electron chi connectivity index (χ0n) is 37.8. The van der Waals surface area contributed by atoms with E-state index in [9.17, 15) is 74.6 Å². The molecule has 69 heavy (non-hydrogen) atoms. The number of alkyl carbamates (subject to hydrolysis) is 1. The van der Waals surface area contributed by atoms with E-state index in [4.69, 9.17) is 14.2 Å². The third kappa shape index (κ3) is 17.0. The zero-order valence-corrected chi connectivity index (χ0v) is 38.7. The van der Waals surface area contributed by atoms with Gasteiger partial charge in [-0.25, -0.2) is 9.59 Å². The summed E-state index contributed by atoms with van der Waals surface area (Å²) in [6.07, 6.45) is -6.94. The number of hydrogen-bond acceptors (Lipinski definition) is 20. The van der Waals surface area contributed by atoms with Crippen LogP contribution in [0.2, 0.25) is 0 Å². The number of nitrogens with zero attached hydrogens (tertiary/aromatic N) is 5. The molecule has 1 aromatic carbocycles. The summed E-state index contributed by atoms with van der Waals surface area (Å²) in [5.41, 5.74) is -0.467. The maximum atomic E-state index is 13.3. The molecule has 4 amide bonds. The number of carbonyl (C=O) groups excluding carboxylic acids is 3. The molecule has 386 valence electrons. The van der Waals surface area contributed by atoms with Gasteiger partial charge < -0.3 is 71.2 Å². The molecular formula is C41H63N9O18S. The molecule has 9 unspecified atom stereocenters. The van der Waals surface area contributed by atoms with Gasteiger partial charge in [-0.3, -0.25) is 48.9 Å². The van der Waals surface area contributed by atoms with Gasteiger partial charge in [-0.1, -0.05) is 12.5 Å². The first-order chi connectivity index (χ1) is 32.9. The monoisotopic (exact) mass is 1000 g/mol. The molecule has 0 spiro atoms. The van der Waals surface area contributed by atoms with Crippen LogP contribution >= 0.6 is 11.8 Å². The molecule has 0 radical (unpaired) electrons. The number of rotatable bonds is 22. The van der Waals surface area contributed by atoms with Gasteiger partial charge >= 0.3 is 35.7 Å². The van der Waals surface area contributed by atoms with Gasteiger partial charge in [0.2, 0.25) is 12.2 Å². The van der Waals surface area contributed by atoms with E-state index in [1.165, 1.54) is 6.07 Å². The van der Waals surface area contributed by atoms with E-state index >= 15 is 0 Å². The second kappa shape index (κ2) is 26.7. The maximum Gasteiger partial charge on any atom is 0.407 e. The second-order valence-corrected chi connectivity index (χ2v) is 18.5. The third-order valence-electron chi connectivity index (χ3n) is 12.2. The van der Waals surface area contributed by atoms with E-state index in [1.54, 1.807) is 26.5 Å². The molecule has 0 bridgehead atoms. The number of carboxylic acid groups (broad SMARTS) is 3. The lowest BCUT2D eigenvalue weighted by Gasteiger charge is -2.39. The topological polar surface area (TPSA) is 376 Å². The molecule has 4 saturated heterocycles. The van der Waals surface area contributed by atoms with Crippen LogP contribution in [0.4, 0.5) is 15.3 Å². The molecule has 4 aliphatic heterocycles. The summed E-state index contributed by atoms with van der Waals surface area (Å²) < 4.78 is 16.1. The van der Waals surface area contributed by atoms with Crippen LogP contribution in [-0.4, -0.2) is 248 Å². The molecule has 27 nitrogen and oxygen atoms in total. The number of carbonyl (C=O) groups is 6. The van der Waals surface area contributed by atoms with Crippen molar-refractivity contribution in [3.63, 3.8) is 0 Å². The van der Waals surface area contributed by atoms with Gasteiger partial charge in [0.25, 0.3) is 0 Å². The van der Waals surface area contributed by atoms with Crippen LogP contribution < -0.4 is 26.0 Å². The number of hydrogen-bond donors (Lipinski definition) is 11. The second-order valence-electron chi connectivity index (χ2n) is 17.2. The van der Waals surface area contributed by atoms with Crippen molar-refractivity contribution in [2.24, 2.45) is 0 Å². The van der Waals surface area contributed by atoms with Crippen molar-refractivity contribution in [1.82, 2.24) is 40.9 Å². The minimum atomic E-state index is -1.83. The summed E-state index contributed by atoms with van der Waals surface area (Å²) in [5, 5.41) is 92.8. The number of carboxylic acids is 3. The lowest BCUT2D eigenvalue weighted by molar-refractivity contribution is -0.387. The predicted molar refractivity (Wildman–Crippen MR) is 240 cm³/mol. The average molecular weight is 1000 g/mol. The van der Waals surface area contributed by atoms with E-state index in [0.717, 1.165) is 30.7 Å². The molecule has 0 aliphatic carbocycles. The minimum Gasteiger partial charge on any atom is -0.480 e. The van der Waals surface area contributed by atoms with E-state index in [-0.39, 0.29) is 120 Å². The molecule has 28 heteroatoms. The van der Waals surface area contributed by atoms with Crippen molar-refractivity contribution >= 4 is 53.4 Å². The highest BCUT2D eigenvalue weighted by atomic mass is 32.2. The summed E-state index contributed by atoms with van der Waals surface area (Å²) in [4.78, 5) is 91.7. The molecule has 9 atom stereocenters. The Morgan fingerprint density at radius 1 is 0.870 bits per heavy atom. The summed E-state index contributed by atoms with van der Waals surface area (Å²) in [6, 6.07) is 2.87. The number of ether oxygens (including phenoxy) is 3. The molecule has 0 aromatic heterocycles. The first-order valence-electron chi connectivity index (χ1n) is 22.6. The minimum absolute atomic E-state index is 0.0337. The number of aliphatic carboxylic acids is 3. The van der Waals surface area contributed by atoms with Gasteiger partial charge in [-0.05, 0) is 24.5 Å². The van der Waals surface area contributed by atoms with Crippen LogP contribution in [0, 0.1) is 10.1 Å². The Morgan fingerprint density at radius 3 is 2.17 bits per heavy atom. The fraction of sp³-hybridized carbons (Fsp3) is 0.707. The Hall–Kier alpha value is -5.17. The van der Waals surface area contributed by atoms with Gasteiger partial charge in [0.05, 0.1) is 43.2 Å². The van der Waals surface area contributed by atoms with Crippen LogP contribution in [-0.2, 0) is 35.3 Å². The first-order valence-corrected chi connectivity index (χ1v) is 23.6. The van der Waals surface area contributed by atoms with Crippen molar-refractivity contribution in [3.05, 3.63) is 33.9 Å². The number of urea groups is 1. The standard InChI is InChI=1S/C41H63N9O18S/c51-21-29-36(59)37(60)38(61)39(68-29)67-28-6-5-24(15-27(28)50(64)65)22-66-41(63)42-7-8-49-14-13-47(19-33(55)56)10-9-46(18-32(53)54)11-12-48(20-34(57)58)17-25(49)16-43-31(52)4-2-1-3-30-35-26(23-69-30)44-40(62)45-35/h5-6,15,25-26,29-30,35-39,51,59-61H,1-4,7-14,16-23H2,(H,42,63)(H,43,52)(H,53,54)(H,55,56)(H,57,58)(H2,44,45,62). The smallest absolute Gasteiger partial charge is 0.407 e. The largest absolute Gasteiger partial charge is 0.480 e. The quantitative estimate of drug-likeness (QED) is 0.0234. The number of amides is 4. The number of nitro benzene ring substituents is 1. The molecule has 4 heterocycles. The van der Waals surface area contributed by atoms with E-state index < -0.39 is 96.9 Å². The zero-order chi connectivity index (χ0) is 50.2. The number of nitro groups is 1. The van der Waals surface area contributed by atoms with Crippen molar-refractivity contribution in [1.29, 1.82) is 0 Å². The van der Waals surface area contributed by atoms with Crippen LogP contribution in [0.1, 0.15) is 31.2 Å². The van der Waals surface area contributed by atoms with E-state index in [2.05, 4.69) is 21.3 Å². The van der Waals surface area contributed by atoms with Crippen LogP contribution in [0.25, 0.3) is 0 Å². The van der Waals surface area contributed by atoms with Crippen molar-refractivity contribution in [3.8, 4) is 5.75 Å². The Balaban J connectivity index is 1.23. The van der Waals surface area contributed by atoms with Gasteiger partial charge in [-0.15, -0.1) is 0 Å². The Morgan fingerprint density at radius 2 is 1.52 bits per heavy atom. The number of fused-ring (bicyclic) bond motifs is 1. The van der Waals surface area contributed by atoms with Crippen LogP contribution in [0.15, 0.2) is 18.2 Å². The molecule has 0 saturated carbocycles. The third-order valence-corrected chi connectivity index (χ3v) is 13.7. The first kappa shape index (κ1) is 54.8. The predicted octanol–water partition coefficient (Wildman–Crippen LogP) is -3.31. The number of benzene rings is 1. The molecule has 4 fully saturated rings.